The fraction of sp³-hybridized carbons (Fsp3) is 0.235. The van der Waals surface area contributed by atoms with Crippen molar-refractivity contribution in [3.63, 3.8) is 0 Å². The molecule has 1 unspecified atom stereocenters. The number of hydrogen-bond donors (Lipinski definition) is 1. The monoisotopic (exact) mass is 283 g/mol. The third-order valence-corrected chi connectivity index (χ3v) is 3.82. The molecular formula is C17H17NO3. The smallest absolute Gasteiger partial charge is 0.239 e. The highest BCUT2D eigenvalue weighted by molar-refractivity contribution is 6.10. The molecule has 0 fully saturated rings. The van der Waals surface area contributed by atoms with Gasteiger partial charge in [-0.05, 0) is 42.3 Å². The quantitative estimate of drug-likeness (QED) is 0.938. The number of rotatable bonds is 4. The van der Waals surface area contributed by atoms with E-state index in [4.69, 9.17) is 4.74 Å². The second-order valence-corrected chi connectivity index (χ2v) is 5.00. The summed E-state index contributed by atoms with van der Waals surface area (Å²) < 4.78 is 5.15. The van der Waals surface area contributed by atoms with Gasteiger partial charge in [0, 0.05) is 12.3 Å². The Morgan fingerprint density at radius 2 is 1.86 bits per heavy atom. The number of amides is 1. The number of anilines is 2. The van der Waals surface area contributed by atoms with Crippen molar-refractivity contribution in [1.29, 1.82) is 0 Å². The summed E-state index contributed by atoms with van der Waals surface area (Å²) in [7, 11) is 1.61. The summed E-state index contributed by atoms with van der Waals surface area (Å²) >= 11 is 0. The van der Waals surface area contributed by atoms with Crippen molar-refractivity contribution in [3.05, 3.63) is 54.1 Å². The Balaban J connectivity index is 2.03. The van der Waals surface area contributed by atoms with Gasteiger partial charge >= 0.3 is 0 Å². The van der Waals surface area contributed by atoms with Crippen LogP contribution in [0.1, 0.15) is 17.9 Å². The van der Waals surface area contributed by atoms with Gasteiger partial charge in [-0.15, -0.1) is 0 Å². The summed E-state index contributed by atoms with van der Waals surface area (Å²) in [6, 6.07) is 15.2. The third kappa shape index (κ3) is 2.28. The van der Waals surface area contributed by atoms with Gasteiger partial charge in [0.25, 0.3) is 0 Å². The molecule has 0 radical (unpaired) electrons. The first-order valence-electron chi connectivity index (χ1n) is 6.94. The fourth-order valence-corrected chi connectivity index (χ4v) is 2.80. The number of aliphatic hydroxyl groups is 1. The molecule has 0 saturated carbocycles. The molecule has 0 bridgehead atoms. The van der Waals surface area contributed by atoms with Gasteiger partial charge in [-0.25, -0.2) is 0 Å². The van der Waals surface area contributed by atoms with Gasteiger partial charge in [-0.2, -0.15) is 0 Å². The number of carbonyl (C=O) groups is 1. The normalized spacial score (nSPS) is 17.0. The van der Waals surface area contributed by atoms with Gasteiger partial charge in [0.2, 0.25) is 5.91 Å². The van der Waals surface area contributed by atoms with Gasteiger partial charge in [-0.3, -0.25) is 9.69 Å². The molecule has 0 saturated heterocycles. The Morgan fingerprint density at radius 3 is 2.52 bits per heavy atom. The molecule has 2 aromatic carbocycles. The van der Waals surface area contributed by atoms with Crippen LogP contribution in [0.15, 0.2) is 48.5 Å². The summed E-state index contributed by atoms with van der Waals surface area (Å²) in [5, 5.41) is 9.21. The Hall–Kier alpha value is -2.33. The number of para-hydroxylation sites is 1. The van der Waals surface area contributed by atoms with E-state index in [2.05, 4.69) is 0 Å². The first-order chi connectivity index (χ1) is 10.3. The maximum absolute atomic E-state index is 12.7. The fourth-order valence-electron chi connectivity index (χ4n) is 2.80. The standard InChI is InChI=1S/C17H17NO3/c1-21-13-8-6-12(7-9-13)18-16-5-3-2-4-14(16)15(10-11-19)17(18)20/h2-9,15,19H,10-11H2,1H3. The molecule has 1 aliphatic heterocycles. The molecule has 1 N–H and O–H groups in total. The molecule has 21 heavy (non-hydrogen) atoms. The molecule has 1 heterocycles. The zero-order valence-corrected chi connectivity index (χ0v) is 11.8. The lowest BCUT2D eigenvalue weighted by Crippen LogP contribution is -2.24. The number of benzene rings is 2. The van der Waals surface area contributed by atoms with Crippen LogP contribution in [-0.2, 0) is 4.79 Å². The highest BCUT2D eigenvalue weighted by atomic mass is 16.5. The summed E-state index contributed by atoms with van der Waals surface area (Å²) in [4.78, 5) is 14.4. The maximum Gasteiger partial charge on any atom is 0.239 e. The molecule has 0 aromatic heterocycles. The highest BCUT2D eigenvalue weighted by Gasteiger charge is 2.37. The van der Waals surface area contributed by atoms with E-state index in [9.17, 15) is 9.90 Å². The van der Waals surface area contributed by atoms with E-state index in [1.165, 1.54) is 0 Å². The van der Waals surface area contributed by atoms with E-state index >= 15 is 0 Å². The molecule has 3 rings (SSSR count). The van der Waals surface area contributed by atoms with E-state index in [1.54, 1.807) is 12.0 Å². The molecule has 0 aliphatic carbocycles. The van der Waals surface area contributed by atoms with Crippen molar-refractivity contribution in [2.24, 2.45) is 0 Å². The van der Waals surface area contributed by atoms with Crippen LogP contribution in [0.2, 0.25) is 0 Å². The van der Waals surface area contributed by atoms with Crippen LogP contribution in [0.3, 0.4) is 0 Å². The van der Waals surface area contributed by atoms with Crippen molar-refractivity contribution in [2.75, 3.05) is 18.6 Å². The van der Waals surface area contributed by atoms with Gasteiger partial charge in [0.15, 0.2) is 0 Å². The highest BCUT2D eigenvalue weighted by Crippen LogP contribution is 2.43. The van der Waals surface area contributed by atoms with Gasteiger partial charge in [0.1, 0.15) is 5.75 Å². The van der Waals surface area contributed by atoms with Crippen molar-refractivity contribution in [1.82, 2.24) is 0 Å². The van der Waals surface area contributed by atoms with Crippen LogP contribution >= 0.6 is 0 Å². The number of methoxy groups -OCH3 is 1. The Kier molecular flexibility index (Phi) is 3.62. The second-order valence-electron chi connectivity index (χ2n) is 5.00. The number of hydrogen-bond acceptors (Lipinski definition) is 3. The zero-order chi connectivity index (χ0) is 14.8. The van der Waals surface area contributed by atoms with Crippen molar-refractivity contribution in [3.8, 4) is 5.75 Å². The van der Waals surface area contributed by atoms with Crippen molar-refractivity contribution in [2.45, 2.75) is 12.3 Å². The predicted octanol–water partition coefficient (Wildman–Crippen LogP) is 2.84. The van der Waals surface area contributed by atoms with Gasteiger partial charge < -0.3 is 9.84 Å². The second kappa shape index (κ2) is 5.58. The SMILES string of the molecule is COc1ccc(N2C(=O)C(CCO)c3ccccc32)cc1. The number of nitrogens with zero attached hydrogens (tertiary/aromatic N) is 1. The average molecular weight is 283 g/mol. The zero-order valence-electron chi connectivity index (χ0n) is 11.8. The van der Waals surface area contributed by atoms with Crippen LogP contribution < -0.4 is 9.64 Å². The average Bonchev–Trinajstić information content (AvgIpc) is 2.81. The minimum Gasteiger partial charge on any atom is -0.497 e. The van der Waals surface area contributed by atoms with Crippen LogP contribution in [0.5, 0.6) is 5.75 Å². The summed E-state index contributed by atoms with van der Waals surface area (Å²) in [5.41, 5.74) is 2.69. The number of aliphatic hydroxyl groups excluding tert-OH is 1. The summed E-state index contributed by atoms with van der Waals surface area (Å²) in [5.74, 6) is 0.495. The largest absolute Gasteiger partial charge is 0.497 e. The molecule has 2 aromatic rings. The van der Waals surface area contributed by atoms with Crippen molar-refractivity contribution < 1.29 is 14.6 Å². The third-order valence-electron chi connectivity index (χ3n) is 3.82. The molecule has 4 heteroatoms. The van der Waals surface area contributed by atoms with E-state index in [-0.39, 0.29) is 18.4 Å². The first-order valence-corrected chi connectivity index (χ1v) is 6.94. The first kappa shape index (κ1) is 13.6. The minimum atomic E-state index is -0.270. The van der Waals surface area contributed by atoms with Gasteiger partial charge in [0.05, 0.1) is 18.7 Å². The lowest BCUT2D eigenvalue weighted by molar-refractivity contribution is -0.118. The molecular weight excluding hydrogens is 266 g/mol. The van der Waals surface area contributed by atoms with Gasteiger partial charge in [-0.1, -0.05) is 18.2 Å². The Morgan fingerprint density at radius 1 is 1.14 bits per heavy atom. The predicted molar refractivity (Wildman–Crippen MR) is 81.0 cm³/mol. The molecule has 0 spiro atoms. The molecule has 1 atom stereocenters. The van der Waals surface area contributed by atoms with E-state index in [0.717, 1.165) is 22.7 Å². The molecule has 108 valence electrons. The van der Waals surface area contributed by atoms with E-state index in [1.807, 2.05) is 48.5 Å². The molecule has 4 nitrogen and oxygen atoms in total. The number of ether oxygens (including phenoxy) is 1. The van der Waals surface area contributed by atoms with Crippen LogP contribution in [0.4, 0.5) is 11.4 Å². The minimum absolute atomic E-state index is 0.00118. The Labute approximate surface area is 123 Å². The maximum atomic E-state index is 12.7. The van der Waals surface area contributed by atoms with Crippen LogP contribution in [0.25, 0.3) is 0 Å². The molecule has 1 amide bonds. The van der Waals surface area contributed by atoms with Crippen LogP contribution in [-0.4, -0.2) is 24.7 Å². The lowest BCUT2D eigenvalue weighted by atomic mass is 9.98. The topological polar surface area (TPSA) is 49.8 Å². The van der Waals surface area contributed by atoms with E-state index in [0.29, 0.717) is 6.42 Å². The molecule has 1 aliphatic rings. The lowest BCUT2D eigenvalue weighted by Gasteiger charge is -2.18. The summed E-state index contributed by atoms with van der Waals surface area (Å²) in [6.45, 7) is 0.00118. The number of carbonyl (C=O) groups excluding carboxylic acids is 1. The van der Waals surface area contributed by atoms with Crippen LogP contribution in [0, 0.1) is 0 Å². The van der Waals surface area contributed by atoms with E-state index < -0.39 is 0 Å². The number of fused-ring (bicyclic) bond motifs is 1. The Bertz CT molecular complexity index is 651. The van der Waals surface area contributed by atoms with Crippen molar-refractivity contribution >= 4 is 17.3 Å². The summed E-state index contributed by atoms with van der Waals surface area (Å²) in [6.07, 6.45) is 0.447.